The number of nitrogens with one attached hydrogen (secondary N) is 1. The molecule has 0 aliphatic heterocycles. The highest BCUT2D eigenvalue weighted by Crippen LogP contribution is 2.21. The number of benzene rings is 1. The van der Waals surface area contributed by atoms with Gasteiger partial charge in [-0.1, -0.05) is 31.5 Å². The van der Waals surface area contributed by atoms with Gasteiger partial charge < -0.3 is 15.2 Å². The van der Waals surface area contributed by atoms with Crippen LogP contribution in [0.2, 0.25) is 0 Å². The lowest BCUT2D eigenvalue weighted by Gasteiger charge is -2.09. The summed E-state index contributed by atoms with van der Waals surface area (Å²) in [4.78, 5) is 22.1. The van der Waals surface area contributed by atoms with Crippen LogP contribution in [-0.4, -0.2) is 23.6 Å². The minimum absolute atomic E-state index is 0.177. The number of aliphatic carboxylic acids is 1. The first-order valence-electron chi connectivity index (χ1n) is 6.49. The summed E-state index contributed by atoms with van der Waals surface area (Å²) in [6.45, 7) is 3.90. The van der Waals surface area contributed by atoms with Crippen molar-refractivity contribution in [3.05, 3.63) is 35.5 Å². The molecule has 0 unspecified atom stereocenters. The zero-order valence-corrected chi connectivity index (χ0v) is 11.7. The van der Waals surface area contributed by atoms with E-state index in [0.717, 1.165) is 12.8 Å². The number of carboxylic acid groups (broad SMARTS) is 1. The van der Waals surface area contributed by atoms with E-state index in [2.05, 4.69) is 12.2 Å². The highest BCUT2D eigenvalue weighted by atomic mass is 16.5. The largest absolute Gasteiger partial charge is 0.493 e. The van der Waals surface area contributed by atoms with Crippen LogP contribution in [0.3, 0.4) is 0 Å². The third-order valence-electron chi connectivity index (χ3n) is 2.52. The van der Waals surface area contributed by atoms with E-state index in [1.165, 1.54) is 13.0 Å². The molecular formula is C15H19NO4. The Morgan fingerprint density at radius 3 is 2.65 bits per heavy atom. The summed E-state index contributed by atoms with van der Waals surface area (Å²) in [6, 6.07) is 7.12. The molecule has 0 heterocycles. The van der Waals surface area contributed by atoms with Gasteiger partial charge in [0.25, 0.3) is 0 Å². The van der Waals surface area contributed by atoms with E-state index in [1.54, 1.807) is 18.2 Å². The molecule has 1 aromatic carbocycles. The van der Waals surface area contributed by atoms with Crippen LogP contribution in [0, 0.1) is 0 Å². The fourth-order valence-electron chi connectivity index (χ4n) is 1.55. The molecule has 108 valence electrons. The minimum Gasteiger partial charge on any atom is -0.493 e. The van der Waals surface area contributed by atoms with E-state index < -0.39 is 11.9 Å². The maximum absolute atomic E-state index is 11.1. The monoisotopic (exact) mass is 277 g/mol. The zero-order chi connectivity index (χ0) is 15.0. The SMILES string of the molecule is CCCCOc1ccccc1/C=C(/NC(C)=O)C(=O)O. The Labute approximate surface area is 118 Å². The number of carbonyl (C=O) groups excluding carboxylic acids is 1. The second kappa shape index (κ2) is 7.99. The second-order valence-electron chi connectivity index (χ2n) is 4.28. The number of hydrogen-bond acceptors (Lipinski definition) is 3. The Hall–Kier alpha value is -2.30. The molecule has 0 bridgehead atoms. The lowest BCUT2D eigenvalue weighted by Crippen LogP contribution is -2.24. The fraction of sp³-hybridized carbons (Fsp3) is 0.333. The van der Waals surface area contributed by atoms with E-state index in [0.29, 0.717) is 17.9 Å². The van der Waals surface area contributed by atoms with Crippen molar-refractivity contribution in [1.29, 1.82) is 0 Å². The van der Waals surface area contributed by atoms with Gasteiger partial charge >= 0.3 is 5.97 Å². The first-order chi connectivity index (χ1) is 9.54. The van der Waals surface area contributed by atoms with E-state index in [9.17, 15) is 9.59 Å². The molecule has 5 nitrogen and oxygen atoms in total. The molecule has 1 amide bonds. The summed E-state index contributed by atoms with van der Waals surface area (Å²) in [5.41, 5.74) is 0.443. The van der Waals surface area contributed by atoms with Crippen LogP contribution >= 0.6 is 0 Å². The number of unbranched alkanes of at least 4 members (excludes halogenated alkanes) is 1. The standard InChI is InChI=1S/C15H19NO4/c1-3-4-9-20-14-8-6-5-7-12(14)10-13(15(18)19)16-11(2)17/h5-8,10H,3-4,9H2,1-2H3,(H,16,17)(H,18,19)/b13-10+. The molecule has 0 saturated carbocycles. The molecule has 0 aromatic heterocycles. The summed E-state index contributed by atoms with van der Waals surface area (Å²) in [6.07, 6.45) is 3.34. The Kier molecular flexibility index (Phi) is 6.29. The van der Waals surface area contributed by atoms with Gasteiger partial charge in [0, 0.05) is 12.5 Å². The first-order valence-corrected chi connectivity index (χ1v) is 6.49. The van der Waals surface area contributed by atoms with Crippen LogP contribution in [-0.2, 0) is 9.59 Å². The number of carbonyl (C=O) groups is 2. The third kappa shape index (κ3) is 5.14. The van der Waals surface area contributed by atoms with Crippen LogP contribution in [0.1, 0.15) is 32.3 Å². The molecule has 0 aliphatic rings. The number of ether oxygens (including phenoxy) is 1. The van der Waals surface area contributed by atoms with Gasteiger partial charge in [0.1, 0.15) is 11.4 Å². The van der Waals surface area contributed by atoms with Crippen LogP contribution in [0.15, 0.2) is 30.0 Å². The van der Waals surface area contributed by atoms with Crippen molar-refractivity contribution in [2.45, 2.75) is 26.7 Å². The Morgan fingerprint density at radius 1 is 1.35 bits per heavy atom. The molecule has 0 aliphatic carbocycles. The number of amides is 1. The molecule has 0 fully saturated rings. The van der Waals surface area contributed by atoms with E-state index in [4.69, 9.17) is 9.84 Å². The summed E-state index contributed by atoms with van der Waals surface area (Å²) in [7, 11) is 0. The second-order valence-corrected chi connectivity index (χ2v) is 4.28. The van der Waals surface area contributed by atoms with Gasteiger partial charge in [-0.15, -0.1) is 0 Å². The number of para-hydroxylation sites is 1. The molecule has 2 N–H and O–H groups in total. The molecule has 20 heavy (non-hydrogen) atoms. The lowest BCUT2D eigenvalue weighted by molar-refractivity contribution is -0.134. The average molecular weight is 277 g/mol. The van der Waals surface area contributed by atoms with Crippen molar-refractivity contribution in [2.75, 3.05) is 6.61 Å². The number of carboxylic acids is 1. The summed E-state index contributed by atoms with van der Waals surface area (Å²) < 4.78 is 5.61. The Morgan fingerprint density at radius 2 is 2.05 bits per heavy atom. The quantitative estimate of drug-likeness (QED) is 0.593. The predicted octanol–water partition coefficient (Wildman–Crippen LogP) is 2.43. The van der Waals surface area contributed by atoms with Gasteiger partial charge in [-0.25, -0.2) is 4.79 Å². The Balaban J connectivity index is 2.98. The zero-order valence-electron chi connectivity index (χ0n) is 11.7. The van der Waals surface area contributed by atoms with E-state index in [1.807, 2.05) is 6.07 Å². The third-order valence-corrected chi connectivity index (χ3v) is 2.52. The molecule has 0 spiro atoms. The van der Waals surface area contributed by atoms with Crippen molar-refractivity contribution in [3.8, 4) is 5.75 Å². The molecule has 5 heteroatoms. The van der Waals surface area contributed by atoms with Gasteiger partial charge in [0.15, 0.2) is 0 Å². The lowest BCUT2D eigenvalue weighted by atomic mass is 10.1. The molecule has 1 rings (SSSR count). The highest BCUT2D eigenvalue weighted by molar-refractivity contribution is 5.96. The molecule has 0 radical (unpaired) electrons. The van der Waals surface area contributed by atoms with E-state index >= 15 is 0 Å². The minimum atomic E-state index is -1.19. The van der Waals surface area contributed by atoms with E-state index in [-0.39, 0.29) is 5.70 Å². The molecular weight excluding hydrogens is 258 g/mol. The smallest absolute Gasteiger partial charge is 0.352 e. The highest BCUT2D eigenvalue weighted by Gasteiger charge is 2.10. The molecule has 0 atom stereocenters. The van der Waals surface area contributed by atoms with Crippen LogP contribution < -0.4 is 10.1 Å². The average Bonchev–Trinajstić information content (AvgIpc) is 2.39. The van der Waals surface area contributed by atoms with Crippen LogP contribution in [0.25, 0.3) is 6.08 Å². The normalized spacial score (nSPS) is 11.0. The van der Waals surface area contributed by atoms with Crippen LogP contribution in [0.4, 0.5) is 0 Å². The van der Waals surface area contributed by atoms with Crippen molar-refractivity contribution in [3.63, 3.8) is 0 Å². The fourth-order valence-corrected chi connectivity index (χ4v) is 1.55. The van der Waals surface area contributed by atoms with Crippen molar-refractivity contribution in [2.24, 2.45) is 0 Å². The van der Waals surface area contributed by atoms with Gasteiger partial charge in [0.05, 0.1) is 6.61 Å². The van der Waals surface area contributed by atoms with Crippen LogP contribution in [0.5, 0.6) is 5.75 Å². The Bertz CT molecular complexity index is 508. The van der Waals surface area contributed by atoms with Gasteiger partial charge in [0.2, 0.25) is 5.91 Å². The maximum Gasteiger partial charge on any atom is 0.352 e. The van der Waals surface area contributed by atoms with Gasteiger partial charge in [-0.2, -0.15) is 0 Å². The predicted molar refractivity (Wildman–Crippen MR) is 76.3 cm³/mol. The number of hydrogen-bond donors (Lipinski definition) is 2. The summed E-state index contributed by atoms with van der Waals surface area (Å²) in [5, 5.41) is 11.4. The topological polar surface area (TPSA) is 75.6 Å². The van der Waals surface area contributed by atoms with Gasteiger partial charge in [-0.05, 0) is 18.6 Å². The molecule has 0 saturated heterocycles. The van der Waals surface area contributed by atoms with Crippen molar-refractivity contribution < 1.29 is 19.4 Å². The summed E-state index contributed by atoms with van der Waals surface area (Å²) in [5.74, 6) is -1.02. The first kappa shape index (κ1) is 15.8. The summed E-state index contributed by atoms with van der Waals surface area (Å²) >= 11 is 0. The maximum atomic E-state index is 11.1. The van der Waals surface area contributed by atoms with Crippen molar-refractivity contribution >= 4 is 18.0 Å². The molecule has 1 aromatic rings. The number of rotatable bonds is 7. The van der Waals surface area contributed by atoms with Gasteiger partial charge in [-0.3, -0.25) is 4.79 Å². The van der Waals surface area contributed by atoms with Crippen molar-refractivity contribution in [1.82, 2.24) is 5.32 Å².